The van der Waals surface area contributed by atoms with Crippen molar-refractivity contribution in [3.63, 3.8) is 0 Å². The van der Waals surface area contributed by atoms with Gasteiger partial charge in [0.25, 0.3) is 0 Å². The molecule has 13 heavy (non-hydrogen) atoms. The van der Waals surface area contributed by atoms with Crippen LogP contribution in [0.4, 0.5) is 5.82 Å². The number of nitrogens with zero attached hydrogens (tertiary/aromatic N) is 2. The lowest BCUT2D eigenvalue weighted by Gasteiger charge is -2.09. The second-order valence-electron chi connectivity index (χ2n) is 3.89. The number of nitrogen functional groups attached to an aromatic ring is 1. The van der Waals surface area contributed by atoms with E-state index in [0.29, 0.717) is 5.82 Å². The van der Waals surface area contributed by atoms with Gasteiger partial charge in [0.05, 0.1) is 10.2 Å². The maximum atomic E-state index is 5.75. The van der Waals surface area contributed by atoms with Crippen LogP contribution < -0.4 is 5.73 Å². The van der Waals surface area contributed by atoms with E-state index in [1.165, 1.54) is 12.8 Å². The van der Waals surface area contributed by atoms with Gasteiger partial charge in [-0.05, 0) is 35.7 Å². The van der Waals surface area contributed by atoms with E-state index in [0.717, 1.165) is 16.0 Å². The zero-order chi connectivity index (χ0) is 9.64. The SMILES string of the molecule is Cc1nc(C2(C)CC2)nc(N)c1Br. The average Bonchev–Trinajstić information content (AvgIpc) is 2.80. The highest BCUT2D eigenvalue weighted by molar-refractivity contribution is 9.10. The number of hydrogen-bond donors (Lipinski definition) is 1. The Morgan fingerprint density at radius 1 is 1.38 bits per heavy atom. The lowest BCUT2D eigenvalue weighted by molar-refractivity contribution is 0.703. The number of hydrogen-bond acceptors (Lipinski definition) is 3. The van der Waals surface area contributed by atoms with Gasteiger partial charge in [0, 0.05) is 5.41 Å². The Morgan fingerprint density at radius 2 is 2.00 bits per heavy atom. The van der Waals surface area contributed by atoms with Crippen molar-refractivity contribution < 1.29 is 0 Å². The van der Waals surface area contributed by atoms with Crippen LogP contribution in [0.2, 0.25) is 0 Å². The van der Waals surface area contributed by atoms with Crippen LogP contribution in [0.25, 0.3) is 0 Å². The standard InChI is InChI=1S/C9H12BrN3/c1-5-6(10)7(11)13-8(12-5)9(2)3-4-9/h3-4H2,1-2H3,(H2,11,12,13). The maximum absolute atomic E-state index is 5.75. The molecule has 4 heteroatoms. The van der Waals surface area contributed by atoms with Gasteiger partial charge in [-0.15, -0.1) is 0 Å². The number of nitrogens with two attached hydrogens (primary N) is 1. The van der Waals surface area contributed by atoms with E-state index in [1.807, 2.05) is 6.92 Å². The highest BCUT2D eigenvalue weighted by atomic mass is 79.9. The van der Waals surface area contributed by atoms with Crippen molar-refractivity contribution >= 4 is 21.7 Å². The van der Waals surface area contributed by atoms with Gasteiger partial charge >= 0.3 is 0 Å². The summed E-state index contributed by atoms with van der Waals surface area (Å²) in [5.74, 6) is 1.45. The first-order valence-electron chi connectivity index (χ1n) is 4.33. The van der Waals surface area contributed by atoms with E-state index in [9.17, 15) is 0 Å². The molecule has 1 fully saturated rings. The minimum atomic E-state index is 0.194. The molecule has 0 amide bonds. The third-order valence-electron chi connectivity index (χ3n) is 2.58. The summed E-state index contributed by atoms with van der Waals surface area (Å²) in [4.78, 5) is 8.72. The minimum Gasteiger partial charge on any atom is -0.383 e. The molecule has 3 nitrogen and oxygen atoms in total. The van der Waals surface area contributed by atoms with Crippen molar-refractivity contribution in [2.24, 2.45) is 0 Å². The molecule has 0 aliphatic heterocycles. The molecule has 1 aromatic heterocycles. The first-order valence-corrected chi connectivity index (χ1v) is 5.12. The monoisotopic (exact) mass is 241 g/mol. The topological polar surface area (TPSA) is 51.8 Å². The second-order valence-corrected chi connectivity index (χ2v) is 4.69. The Hall–Kier alpha value is -0.640. The number of halogens is 1. The van der Waals surface area contributed by atoms with Crippen molar-refractivity contribution in [1.82, 2.24) is 9.97 Å². The Kier molecular flexibility index (Phi) is 1.84. The van der Waals surface area contributed by atoms with E-state index in [-0.39, 0.29) is 5.41 Å². The summed E-state index contributed by atoms with van der Waals surface area (Å²) in [6.45, 7) is 4.12. The van der Waals surface area contributed by atoms with Crippen LogP contribution in [0.5, 0.6) is 0 Å². The molecule has 0 saturated heterocycles. The smallest absolute Gasteiger partial charge is 0.141 e. The fourth-order valence-corrected chi connectivity index (χ4v) is 1.44. The summed E-state index contributed by atoms with van der Waals surface area (Å²) in [6.07, 6.45) is 2.35. The van der Waals surface area contributed by atoms with Gasteiger partial charge in [0.2, 0.25) is 0 Å². The largest absolute Gasteiger partial charge is 0.383 e. The molecule has 2 rings (SSSR count). The van der Waals surface area contributed by atoms with Gasteiger partial charge in [-0.25, -0.2) is 9.97 Å². The number of rotatable bonds is 1. The molecule has 0 unspecified atom stereocenters. The molecule has 2 N–H and O–H groups in total. The molecule has 1 aromatic rings. The highest BCUT2D eigenvalue weighted by Crippen LogP contribution is 2.46. The highest BCUT2D eigenvalue weighted by Gasteiger charge is 2.42. The van der Waals surface area contributed by atoms with Crippen LogP contribution in [0.15, 0.2) is 4.47 Å². The predicted molar refractivity (Wildman–Crippen MR) is 55.5 cm³/mol. The summed E-state index contributed by atoms with van der Waals surface area (Å²) in [6, 6.07) is 0. The lowest BCUT2D eigenvalue weighted by Crippen LogP contribution is -2.10. The molecular formula is C9H12BrN3. The fourth-order valence-electron chi connectivity index (χ4n) is 1.26. The maximum Gasteiger partial charge on any atom is 0.141 e. The molecule has 0 bridgehead atoms. The molecule has 70 valence electrons. The van der Waals surface area contributed by atoms with Crippen LogP contribution in [0.3, 0.4) is 0 Å². The number of aryl methyl sites for hydroxylation is 1. The third-order valence-corrected chi connectivity index (χ3v) is 3.56. The quantitative estimate of drug-likeness (QED) is 0.821. The van der Waals surface area contributed by atoms with Crippen molar-refractivity contribution in [1.29, 1.82) is 0 Å². The van der Waals surface area contributed by atoms with E-state index >= 15 is 0 Å². The summed E-state index contributed by atoms with van der Waals surface area (Å²) >= 11 is 3.35. The Morgan fingerprint density at radius 3 is 2.46 bits per heavy atom. The van der Waals surface area contributed by atoms with E-state index in [1.54, 1.807) is 0 Å². The van der Waals surface area contributed by atoms with Crippen LogP contribution in [-0.2, 0) is 5.41 Å². The molecule has 0 radical (unpaired) electrons. The van der Waals surface area contributed by atoms with E-state index < -0.39 is 0 Å². The van der Waals surface area contributed by atoms with Crippen molar-refractivity contribution in [3.05, 3.63) is 16.0 Å². The summed E-state index contributed by atoms with van der Waals surface area (Å²) in [7, 11) is 0. The Balaban J connectivity index is 2.50. The van der Waals surface area contributed by atoms with Crippen molar-refractivity contribution in [3.8, 4) is 0 Å². The first-order chi connectivity index (χ1) is 6.03. The van der Waals surface area contributed by atoms with Crippen LogP contribution in [-0.4, -0.2) is 9.97 Å². The third kappa shape index (κ3) is 1.43. The molecule has 1 heterocycles. The van der Waals surface area contributed by atoms with Gasteiger partial charge in [-0.1, -0.05) is 6.92 Å². The fraction of sp³-hybridized carbons (Fsp3) is 0.556. The normalized spacial score (nSPS) is 18.7. The van der Waals surface area contributed by atoms with Gasteiger partial charge in [-0.2, -0.15) is 0 Å². The van der Waals surface area contributed by atoms with Gasteiger partial charge in [0.15, 0.2) is 0 Å². The second kappa shape index (κ2) is 2.67. The summed E-state index contributed by atoms with van der Waals surface area (Å²) in [5.41, 5.74) is 6.87. The lowest BCUT2D eigenvalue weighted by atomic mass is 10.1. The molecule has 1 aliphatic rings. The molecule has 1 saturated carbocycles. The Bertz CT molecular complexity index is 335. The molecular weight excluding hydrogens is 230 g/mol. The molecule has 0 spiro atoms. The van der Waals surface area contributed by atoms with Gasteiger partial charge in [0.1, 0.15) is 11.6 Å². The first kappa shape index (κ1) is 8.94. The summed E-state index contributed by atoms with van der Waals surface area (Å²) < 4.78 is 0.820. The Labute approximate surface area is 85.9 Å². The zero-order valence-corrected chi connectivity index (χ0v) is 9.35. The number of aromatic nitrogens is 2. The van der Waals surface area contributed by atoms with Crippen molar-refractivity contribution in [2.75, 3.05) is 5.73 Å². The van der Waals surface area contributed by atoms with Gasteiger partial charge in [-0.3, -0.25) is 0 Å². The average molecular weight is 242 g/mol. The predicted octanol–water partition coefficient (Wildman–Crippen LogP) is 2.18. The van der Waals surface area contributed by atoms with Crippen LogP contribution in [0.1, 0.15) is 31.3 Å². The minimum absolute atomic E-state index is 0.194. The van der Waals surface area contributed by atoms with Crippen molar-refractivity contribution in [2.45, 2.75) is 32.1 Å². The van der Waals surface area contributed by atoms with E-state index in [4.69, 9.17) is 5.73 Å². The molecule has 0 aromatic carbocycles. The number of anilines is 1. The molecule has 0 atom stereocenters. The van der Waals surface area contributed by atoms with E-state index in [2.05, 4.69) is 32.8 Å². The van der Waals surface area contributed by atoms with Crippen LogP contribution in [0, 0.1) is 6.92 Å². The zero-order valence-electron chi connectivity index (χ0n) is 7.76. The van der Waals surface area contributed by atoms with Gasteiger partial charge < -0.3 is 5.73 Å². The molecule has 1 aliphatic carbocycles. The van der Waals surface area contributed by atoms with Crippen LogP contribution >= 0.6 is 15.9 Å². The summed E-state index contributed by atoms with van der Waals surface area (Å²) in [5, 5.41) is 0.